The summed E-state index contributed by atoms with van der Waals surface area (Å²) in [6.07, 6.45) is 3.75. The summed E-state index contributed by atoms with van der Waals surface area (Å²) in [6.45, 7) is 12.6. The predicted octanol–water partition coefficient (Wildman–Crippen LogP) is 3.24. The van der Waals surface area contributed by atoms with Crippen molar-refractivity contribution < 1.29 is 19.2 Å². The second-order valence-corrected chi connectivity index (χ2v) is 12.5. The van der Waals surface area contributed by atoms with Gasteiger partial charge in [-0.15, -0.1) is 4.72 Å². The van der Waals surface area contributed by atoms with Gasteiger partial charge in [0, 0.05) is 41.8 Å². The number of likely N-dealkylation sites (tertiary alicyclic amines) is 1. The van der Waals surface area contributed by atoms with Crippen molar-refractivity contribution in [3.63, 3.8) is 0 Å². The van der Waals surface area contributed by atoms with E-state index in [2.05, 4.69) is 9.71 Å². The van der Waals surface area contributed by atoms with Crippen molar-refractivity contribution in [3.05, 3.63) is 29.1 Å². The minimum atomic E-state index is -1.25. The molecule has 1 saturated heterocycles. The fraction of sp³-hybridized carbons (Fsp3) is 0.727. The molecule has 3 rings (SSSR count). The molecule has 0 bridgehead atoms. The first-order valence-corrected chi connectivity index (χ1v) is 11.7. The zero-order chi connectivity index (χ0) is 22.3. The monoisotopic (exact) mass is 437 g/mol. The molecule has 0 saturated carbocycles. The minimum Gasteiger partial charge on any atom is -0.598 e. The number of amides is 1. The summed E-state index contributed by atoms with van der Waals surface area (Å²) in [5.74, 6) is 0. The number of piperidine rings is 1. The number of aliphatic hydroxyl groups is 1. The van der Waals surface area contributed by atoms with Crippen LogP contribution in [0.25, 0.3) is 0 Å². The van der Waals surface area contributed by atoms with Crippen molar-refractivity contribution in [2.75, 3.05) is 13.1 Å². The van der Waals surface area contributed by atoms with E-state index in [0.717, 1.165) is 36.1 Å². The first kappa shape index (κ1) is 23.3. The zero-order valence-electron chi connectivity index (χ0n) is 18.9. The number of aliphatic hydroxyl groups excluding tert-OH is 1. The van der Waals surface area contributed by atoms with Gasteiger partial charge in [0.25, 0.3) is 0 Å². The van der Waals surface area contributed by atoms with Gasteiger partial charge in [-0.2, -0.15) is 0 Å². The van der Waals surface area contributed by atoms with Gasteiger partial charge in [0.15, 0.2) is 0 Å². The van der Waals surface area contributed by atoms with Crippen LogP contribution >= 0.6 is 0 Å². The van der Waals surface area contributed by atoms with E-state index in [1.54, 1.807) is 11.1 Å². The lowest BCUT2D eigenvalue weighted by molar-refractivity contribution is 0.00711. The van der Waals surface area contributed by atoms with Gasteiger partial charge < -0.3 is 19.3 Å². The lowest BCUT2D eigenvalue weighted by Crippen LogP contribution is -2.51. The molecule has 2 N–H and O–H groups in total. The Labute approximate surface area is 182 Å². The van der Waals surface area contributed by atoms with Crippen LogP contribution in [0.2, 0.25) is 0 Å². The normalized spacial score (nSPS) is 22.1. The maximum atomic E-state index is 13.0. The van der Waals surface area contributed by atoms with Gasteiger partial charge in [0.2, 0.25) is 0 Å². The summed E-state index contributed by atoms with van der Waals surface area (Å²) in [5, 5.41) is 9.58. The highest BCUT2D eigenvalue weighted by atomic mass is 32.2. The standard InChI is InChI=1S/C22H35N3O4S/c1-20(2,3)29-19(27)25-9-7-22(8-10-25)12-17-16(11-15(14-26)13-23-17)18(22)24-30(28)21(4,5)6/h11,13,18,24,26H,7-10,12,14H2,1-6H3/t18-,30-/m1/s1. The summed E-state index contributed by atoms with van der Waals surface area (Å²) >= 11 is -1.25. The van der Waals surface area contributed by atoms with E-state index in [9.17, 15) is 14.5 Å². The second-order valence-electron chi connectivity index (χ2n) is 10.5. The third kappa shape index (κ3) is 4.93. The molecule has 2 atom stereocenters. The van der Waals surface area contributed by atoms with Crippen molar-refractivity contribution in [1.29, 1.82) is 0 Å². The fourth-order valence-electron chi connectivity index (χ4n) is 4.20. The highest BCUT2D eigenvalue weighted by Crippen LogP contribution is 2.52. The van der Waals surface area contributed by atoms with Crippen molar-refractivity contribution in [1.82, 2.24) is 14.6 Å². The Morgan fingerprint density at radius 1 is 1.33 bits per heavy atom. The third-order valence-electron chi connectivity index (χ3n) is 5.88. The number of fused-ring (bicyclic) bond motifs is 1. The molecule has 1 fully saturated rings. The number of carbonyl (C=O) groups is 1. The Morgan fingerprint density at radius 2 is 1.97 bits per heavy atom. The topological polar surface area (TPSA) is 97.8 Å². The van der Waals surface area contributed by atoms with Crippen LogP contribution in [0.1, 0.15) is 77.2 Å². The number of hydrogen-bond acceptors (Lipinski definition) is 6. The van der Waals surface area contributed by atoms with Gasteiger partial charge >= 0.3 is 6.09 Å². The Morgan fingerprint density at radius 3 is 2.50 bits per heavy atom. The van der Waals surface area contributed by atoms with Crippen molar-refractivity contribution in [3.8, 4) is 0 Å². The smallest absolute Gasteiger partial charge is 0.410 e. The molecule has 1 aliphatic carbocycles. The summed E-state index contributed by atoms with van der Waals surface area (Å²) in [6, 6.07) is 1.85. The molecule has 8 heteroatoms. The molecule has 0 radical (unpaired) electrons. The maximum Gasteiger partial charge on any atom is 0.410 e. The Balaban J connectivity index is 1.83. The van der Waals surface area contributed by atoms with Crippen LogP contribution in [-0.2, 0) is 29.1 Å². The number of carbonyl (C=O) groups excluding carboxylic acids is 1. The molecule has 1 aromatic rings. The van der Waals surface area contributed by atoms with Gasteiger partial charge in [0.05, 0.1) is 12.6 Å². The number of rotatable bonds is 3. The lowest BCUT2D eigenvalue weighted by atomic mass is 9.73. The van der Waals surface area contributed by atoms with Gasteiger partial charge in [-0.3, -0.25) is 4.98 Å². The van der Waals surface area contributed by atoms with Crippen LogP contribution in [0.5, 0.6) is 0 Å². The first-order chi connectivity index (χ1) is 13.8. The van der Waals surface area contributed by atoms with Crippen molar-refractivity contribution in [2.24, 2.45) is 5.41 Å². The molecule has 1 aliphatic heterocycles. The highest BCUT2D eigenvalue weighted by Gasteiger charge is 2.51. The number of nitrogens with zero attached hydrogens (tertiary/aromatic N) is 2. The fourth-order valence-corrected chi connectivity index (χ4v) is 5.15. The average molecular weight is 438 g/mol. The zero-order valence-corrected chi connectivity index (χ0v) is 19.8. The molecule has 1 spiro atoms. The lowest BCUT2D eigenvalue weighted by Gasteiger charge is -2.43. The van der Waals surface area contributed by atoms with E-state index < -0.39 is 21.7 Å². The molecule has 7 nitrogen and oxygen atoms in total. The molecule has 2 heterocycles. The molecular formula is C22H35N3O4S. The minimum absolute atomic E-state index is 0.0746. The van der Waals surface area contributed by atoms with E-state index in [1.165, 1.54) is 0 Å². The number of aromatic nitrogens is 1. The van der Waals surface area contributed by atoms with Crippen molar-refractivity contribution in [2.45, 2.75) is 83.8 Å². The summed E-state index contributed by atoms with van der Waals surface area (Å²) in [5.41, 5.74) is 2.08. The quantitative estimate of drug-likeness (QED) is 0.705. The van der Waals surface area contributed by atoms with E-state index in [-0.39, 0.29) is 24.2 Å². The van der Waals surface area contributed by atoms with Gasteiger partial charge in [0.1, 0.15) is 10.3 Å². The van der Waals surface area contributed by atoms with Crippen LogP contribution in [0.15, 0.2) is 12.3 Å². The second kappa shape index (κ2) is 8.30. The predicted molar refractivity (Wildman–Crippen MR) is 117 cm³/mol. The molecular weight excluding hydrogens is 402 g/mol. The van der Waals surface area contributed by atoms with Gasteiger partial charge in [-0.05, 0) is 78.0 Å². The molecule has 1 amide bonds. The molecule has 0 unspecified atom stereocenters. The first-order valence-electron chi connectivity index (χ1n) is 10.6. The summed E-state index contributed by atoms with van der Waals surface area (Å²) in [7, 11) is 0. The average Bonchev–Trinajstić information content (AvgIpc) is 2.92. The van der Waals surface area contributed by atoms with Crippen LogP contribution < -0.4 is 4.72 Å². The maximum absolute atomic E-state index is 13.0. The van der Waals surface area contributed by atoms with Crippen molar-refractivity contribution >= 4 is 17.5 Å². The van der Waals surface area contributed by atoms with Crippen LogP contribution in [0, 0.1) is 5.41 Å². The SMILES string of the molecule is CC(C)(C)OC(=O)N1CCC2(CC1)Cc1ncc(CO)cc1[C@H]2N[S@+]([O-])C(C)(C)C. The molecule has 168 valence electrons. The summed E-state index contributed by atoms with van der Waals surface area (Å²) < 4.78 is 21.5. The van der Waals surface area contributed by atoms with E-state index >= 15 is 0 Å². The number of ether oxygens (including phenoxy) is 1. The Bertz CT molecular complexity index is 780. The van der Waals surface area contributed by atoms with E-state index in [1.807, 2.05) is 47.6 Å². The molecule has 1 aromatic heterocycles. The molecule has 0 aromatic carbocycles. The third-order valence-corrected chi connectivity index (χ3v) is 7.44. The number of pyridine rings is 1. The van der Waals surface area contributed by atoms with Crippen LogP contribution in [0.4, 0.5) is 4.79 Å². The number of nitrogens with one attached hydrogen (secondary N) is 1. The number of hydrogen-bond donors (Lipinski definition) is 2. The highest BCUT2D eigenvalue weighted by molar-refractivity contribution is 7.90. The van der Waals surface area contributed by atoms with Crippen LogP contribution in [-0.4, -0.2) is 49.1 Å². The largest absolute Gasteiger partial charge is 0.598 e. The Hall–Kier alpha value is -1.35. The summed E-state index contributed by atoms with van der Waals surface area (Å²) in [4.78, 5) is 18.9. The molecule has 30 heavy (non-hydrogen) atoms. The van der Waals surface area contributed by atoms with Gasteiger partial charge in [-0.1, -0.05) is 0 Å². The Kier molecular flexibility index (Phi) is 6.45. The van der Waals surface area contributed by atoms with Crippen LogP contribution in [0.3, 0.4) is 0 Å². The van der Waals surface area contributed by atoms with Gasteiger partial charge in [-0.25, -0.2) is 4.79 Å². The molecule has 2 aliphatic rings. The van der Waals surface area contributed by atoms with E-state index in [0.29, 0.717) is 13.1 Å². The van der Waals surface area contributed by atoms with E-state index in [4.69, 9.17) is 4.74 Å².